The maximum absolute atomic E-state index is 13.0. The van der Waals surface area contributed by atoms with Crippen molar-refractivity contribution in [1.29, 1.82) is 0 Å². The number of hydrogen-bond donors (Lipinski definition) is 0. The van der Waals surface area contributed by atoms with Crippen LogP contribution in [0.3, 0.4) is 0 Å². The molecule has 194 valence electrons. The number of hydrogen-bond acceptors (Lipinski definition) is 7. The van der Waals surface area contributed by atoms with Crippen LogP contribution in [-0.2, 0) is 14.9 Å². The number of ether oxygens (including phenoxy) is 3. The van der Waals surface area contributed by atoms with Crippen LogP contribution in [0, 0.1) is 17.8 Å². The van der Waals surface area contributed by atoms with E-state index < -0.39 is 46.2 Å². The van der Waals surface area contributed by atoms with Crippen LogP contribution in [-0.4, -0.2) is 43.3 Å². The summed E-state index contributed by atoms with van der Waals surface area (Å²) in [7, 11) is -4.59. The van der Waals surface area contributed by atoms with Crippen LogP contribution in [0.2, 0.25) is 0 Å². The highest BCUT2D eigenvalue weighted by atomic mass is 32.2. The van der Waals surface area contributed by atoms with E-state index in [2.05, 4.69) is 16.6 Å². The monoisotopic (exact) mass is 517 g/mol. The zero-order valence-electron chi connectivity index (χ0n) is 19.2. The molecule has 0 atom stereocenters. The predicted molar refractivity (Wildman–Crippen MR) is 119 cm³/mol. The smallest absolute Gasteiger partial charge is 0.573 e. The molecule has 2 aliphatic rings. The van der Waals surface area contributed by atoms with E-state index in [-0.39, 0.29) is 17.2 Å². The van der Waals surface area contributed by atoms with Crippen molar-refractivity contribution >= 4 is 16.1 Å². The average Bonchev–Trinajstić information content (AvgIpc) is 2.78. The third-order valence-corrected chi connectivity index (χ3v) is 6.71. The van der Waals surface area contributed by atoms with Gasteiger partial charge in [0.1, 0.15) is 6.61 Å². The van der Waals surface area contributed by atoms with E-state index in [1.807, 2.05) is 0 Å². The highest BCUT2D eigenvalue weighted by molar-refractivity contribution is 7.85. The van der Waals surface area contributed by atoms with Gasteiger partial charge in [-0.3, -0.25) is 0 Å². The second-order valence-corrected chi connectivity index (χ2v) is 10.4. The Morgan fingerprint density at radius 3 is 2.34 bits per heavy atom. The minimum atomic E-state index is -4.99. The van der Waals surface area contributed by atoms with E-state index in [0.717, 1.165) is 63.1 Å². The van der Waals surface area contributed by atoms with Crippen molar-refractivity contribution in [3.8, 4) is 23.3 Å². The number of esters is 1. The molecule has 11 heteroatoms. The fourth-order valence-corrected chi connectivity index (χ4v) is 4.60. The quantitative estimate of drug-likeness (QED) is 0.286. The Morgan fingerprint density at radius 2 is 1.71 bits per heavy atom. The van der Waals surface area contributed by atoms with Crippen molar-refractivity contribution < 1.29 is 45.1 Å². The Morgan fingerprint density at radius 1 is 1.06 bits per heavy atom. The molecule has 0 aromatic heterocycles. The normalized spacial score (nSPS) is 18.7. The number of carbonyl (C=O) groups is 1. The molecule has 2 aliphatic carbocycles. The molecular formula is C24H28F3O7S-. The summed E-state index contributed by atoms with van der Waals surface area (Å²) in [5.74, 6) is 3.85. The van der Waals surface area contributed by atoms with Gasteiger partial charge in [0.2, 0.25) is 0 Å². The zero-order valence-corrected chi connectivity index (χ0v) is 20.0. The number of benzene rings is 1. The third-order valence-electron chi connectivity index (χ3n) is 6.05. The SMILES string of the molecule is O=C(OCCS(=O)(=O)[O-])c1ccc(OC(F)(F)F)c(OC2(C#CC3CCCCC3)CCCCC2)c1. The number of rotatable bonds is 7. The molecule has 2 saturated carbocycles. The van der Waals surface area contributed by atoms with Gasteiger partial charge in [-0.25, -0.2) is 13.2 Å². The maximum atomic E-state index is 13.0. The van der Waals surface area contributed by atoms with Crippen molar-refractivity contribution in [3.63, 3.8) is 0 Å². The van der Waals surface area contributed by atoms with Crippen LogP contribution in [0.5, 0.6) is 11.5 Å². The van der Waals surface area contributed by atoms with Crippen LogP contribution in [0.4, 0.5) is 13.2 Å². The Labute approximate surface area is 203 Å². The van der Waals surface area contributed by atoms with E-state index >= 15 is 0 Å². The minimum Gasteiger partial charge on any atom is -0.748 e. The zero-order chi connectivity index (χ0) is 25.5. The molecule has 7 nitrogen and oxygen atoms in total. The van der Waals surface area contributed by atoms with E-state index in [1.54, 1.807) is 0 Å². The molecule has 0 aliphatic heterocycles. The van der Waals surface area contributed by atoms with Gasteiger partial charge in [-0.05, 0) is 56.7 Å². The molecule has 0 saturated heterocycles. The first-order valence-corrected chi connectivity index (χ1v) is 13.2. The highest BCUT2D eigenvalue weighted by Crippen LogP contribution is 2.39. The van der Waals surface area contributed by atoms with Gasteiger partial charge in [-0.15, -0.1) is 13.2 Å². The lowest BCUT2D eigenvalue weighted by Gasteiger charge is -2.34. The van der Waals surface area contributed by atoms with E-state index in [4.69, 9.17) is 9.47 Å². The van der Waals surface area contributed by atoms with E-state index in [0.29, 0.717) is 12.8 Å². The van der Waals surface area contributed by atoms with Gasteiger partial charge in [0, 0.05) is 5.92 Å². The van der Waals surface area contributed by atoms with E-state index in [1.165, 1.54) is 6.42 Å². The summed E-state index contributed by atoms with van der Waals surface area (Å²) in [6.45, 7) is -0.682. The fourth-order valence-electron chi connectivity index (χ4n) is 4.31. The van der Waals surface area contributed by atoms with Crippen molar-refractivity contribution in [2.75, 3.05) is 12.4 Å². The molecule has 1 aromatic carbocycles. The van der Waals surface area contributed by atoms with Crippen molar-refractivity contribution in [1.82, 2.24) is 0 Å². The van der Waals surface area contributed by atoms with Crippen molar-refractivity contribution in [2.24, 2.45) is 5.92 Å². The molecule has 2 fully saturated rings. The molecule has 0 unspecified atom stereocenters. The van der Waals surface area contributed by atoms with Crippen LogP contribution in [0.1, 0.15) is 74.6 Å². The standard InChI is InChI=1S/C24H29F3O7S/c25-24(26,27)34-20-10-9-19(22(28)32-15-16-35(29,30)31)17-21(20)33-23(12-5-2-6-13-23)14-11-18-7-3-1-4-8-18/h9-10,17-18H,1-8,12-13,15-16H2,(H,29,30,31)/p-1. The highest BCUT2D eigenvalue weighted by Gasteiger charge is 2.37. The van der Waals surface area contributed by atoms with Gasteiger partial charge in [0.25, 0.3) is 0 Å². The van der Waals surface area contributed by atoms with Gasteiger partial charge in [-0.2, -0.15) is 0 Å². The van der Waals surface area contributed by atoms with Crippen LogP contribution in [0.15, 0.2) is 18.2 Å². The van der Waals surface area contributed by atoms with Crippen LogP contribution in [0.25, 0.3) is 0 Å². The lowest BCUT2D eigenvalue weighted by atomic mass is 9.83. The summed E-state index contributed by atoms with van der Waals surface area (Å²) in [4.78, 5) is 12.3. The molecule has 0 heterocycles. The summed E-state index contributed by atoms with van der Waals surface area (Å²) >= 11 is 0. The van der Waals surface area contributed by atoms with Gasteiger partial charge in [0.15, 0.2) is 17.1 Å². The first kappa shape index (κ1) is 27.1. The summed E-state index contributed by atoms with van der Waals surface area (Å²) in [5, 5.41) is 0. The lowest BCUT2D eigenvalue weighted by Crippen LogP contribution is -2.37. The summed E-state index contributed by atoms with van der Waals surface area (Å²) in [5.41, 5.74) is -1.19. The first-order chi connectivity index (χ1) is 16.4. The summed E-state index contributed by atoms with van der Waals surface area (Å²) < 4.78 is 86.3. The molecule has 1 aromatic rings. The third kappa shape index (κ3) is 8.93. The molecular weight excluding hydrogens is 489 g/mol. The van der Waals surface area contributed by atoms with Crippen molar-refractivity contribution in [3.05, 3.63) is 23.8 Å². The largest absolute Gasteiger partial charge is 0.748 e. The second-order valence-electron chi connectivity index (χ2n) is 8.87. The predicted octanol–water partition coefficient (Wildman–Crippen LogP) is 4.95. The topological polar surface area (TPSA) is 102 Å². The molecule has 35 heavy (non-hydrogen) atoms. The maximum Gasteiger partial charge on any atom is 0.573 e. The molecule has 0 N–H and O–H groups in total. The second kappa shape index (κ2) is 11.5. The molecule has 3 rings (SSSR count). The Kier molecular flexibility index (Phi) is 8.94. The van der Waals surface area contributed by atoms with Gasteiger partial charge >= 0.3 is 12.3 Å². The summed E-state index contributed by atoms with van der Waals surface area (Å²) in [6, 6.07) is 3.05. The van der Waals surface area contributed by atoms with E-state index in [9.17, 15) is 30.9 Å². The number of alkyl halides is 3. The minimum absolute atomic E-state index is 0.177. The van der Waals surface area contributed by atoms with Crippen molar-refractivity contribution in [2.45, 2.75) is 76.2 Å². The number of carbonyl (C=O) groups excluding carboxylic acids is 1. The van der Waals surface area contributed by atoms with Crippen LogP contribution >= 0.6 is 0 Å². The molecule has 0 spiro atoms. The fraction of sp³-hybridized carbons (Fsp3) is 0.625. The van der Waals surface area contributed by atoms with Gasteiger partial charge < -0.3 is 18.8 Å². The lowest BCUT2D eigenvalue weighted by molar-refractivity contribution is -0.275. The molecule has 0 bridgehead atoms. The average molecular weight is 518 g/mol. The Balaban J connectivity index is 1.88. The van der Waals surface area contributed by atoms with Crippen LogP contribution < -0.4 is 9.47 Å². The Hall–Kier alpha value is -2.45. The molecule has 0 amide bonds. The Bertz CT molecular complexity index is 1050. The summed E-state index contributed by atoms with van der Waals surface area (Å²) in [6.07, 6.45) is 3.90. The number of halogens is 3. The van der Waals surface area contributed by atoms with Gasteiger partial charge in [-0.1, -0.05) is 37.5 Å². The molecule has 0 radical (unpaired) electrons. The first-order valence-electron chi connectivity index (χ1n) is 11.7. The van der Waals surface area contributed by atoms with Gasteiger partial charge in [0.05, 0.1) is 21.4 Å².